The van der Waals surface area contributed by atoms with Crippen LogP contribution in [-0.2, 0) is 6.42 Å². The van der Waals surface area contributed by atoms with Gasteiger partial charge >= 0.3 is 0 Å². The lowest BCUT2D eigenvalue weighted by atomic mass is 10.00. The van der Waals surface area contributed by atoms with Crippen LogP contribution in [0, 0.1) is 5.82 Å². The van der Waals surface area contributed by atoms with Gasteiger partial charge in [0.2, 0.25) is 0 Å². The summed E-state index contributed by atoms with van der Waals surface area (Å²) in [5.41, 5.74) is 8.22. The fourth-order valence-electron chi connectivity index (χ4n) is 1.75. The summed E-state index contributed by atoms with van der Waals surface area (Å²) < 4.78 is 14.8. The molecule has 1 nitrogen and oxygen atoms in total. The van der Waals surface area contributed by atoms with Crippen molar-refractivity contribution in [3.8, 4) is 0 Å². The van der Waals surface area contributed by atoms with Crippen molar-refractivity contribution < 1.29 is 4.39 Å². The first-order valence-electron chi connectivity index (χ1n) is 5.51. The quantitative estimate of drug-likeness (QED) is 0.837. The van der Waals surface area contributed by atoms with E-state index in [9.17, 15) is 4.39 Å². The van der Waals surface area contributed by atoms with E-state index in [1.54, 1.807) is 6.07 Å². The second-order valence-electron chi connectivity index (χ2n) is 4.10. The van der Waals surface area contributed by atoms with Crippen LogP contribution in [0.4, 0.5) is 4.39 Å². The summed E-state index contributed by atoms with van der Waals surface area (Å²) in [5.74, 6) is -0.247. The number of nitrogens with two attached hydrogens (primary N) is 1. The molecule has 0 aliphatic carbocycles. The zero-order valence-corrected chi connectivity index (χ0v) is 12.7. The molecular weight excluding hydrogens is 361 g/mol. The van der Waals surface area contributed by atoms with Crippen LogP contribution < -0.4 is 5.73 Å². The van der Waals surface area contributed by atoms with Gasteiger partial charge in [-0.25, -0.2) is 4.39 Å². The van der Waals surface area contributed by atoms with Crippen molar-refractivity contribution in [2.24, 2.45) is 5.73 Å². The Morgan fingerprint density at radius 2 is 1.72 bits per heavy atom. The molecule has 0 bridgehead atoms. The third-order valence-electron chi connectivity index (χ3n) is 2.75. The van der Waals surface area contributed by atoms with E-state index in [0.717, 1.165) is 20.1 Å². The summed E-state index contributed by atoms with van der Waals surface area (Å²) in [6, 6.07) is 12.5. The van der Waals surface area contributed by atoms with Crippen LogP contribution in [0.25, 0.3) is 0 Å². The molecule has 4 heteroatoms. The molecule has 2 aromatic rings. The van der Waals surface area contributed by atoms with Crippen molar-refractivity contribution >= 4 is 31.9 Å². The molecule has 0 radical (unpaired) electrons. The minimum Gasteiger partial charge on any atom is -0.324 e. The second kappa shape index (κ2) is 5.95. The van der Waals surface area contributed by atoms with Crippen LogP contribution in [0.5, 0.6) is 0 Å². The smallest absolute Gasteiger partial charge is 0.124 e. The molecule has 2 rings (SSSR count). The Hall–Kier alpha value is -0.710. The highest BCUT2D eigenvalue weighted by Gasteiger charge is 2.10. The maximum Gasteiger partial charge on any atom is 0.124 e. The molecule has 2 N–H and O–H groups in total. The van der Waals surface area contributed by atoms with Gasteiger partial charge in [0.25, 0.3) is 0 Å². The summed E-state index contributed by atoms with van der Waals surface area (Å²) in [6.45, 7) is 0. The Morgan fingerprint density at radius 1 is 1.06 bits per heavy atom. The first-order chi connectivity index (χ1) is 8.56. The standard InChI is InChI=1S/C14H12Br2FN/c15-11-4-1-9(2-5-11)14(18)7-10-3-6-12(17)8-13(10)16/h1-6,8,14H,7,18H2. The highest BCUT2D eigenvalue weighted by molar-refractivity contribution is 9.10. The van der Waals surface area contributed by atoms with Crippen molar-refractivity contribution in [3.63, 3.8) is 0 Å². The molecule has 0 heterocycles. The Kier molecular flexibility index (Phi) is 4.54. The predicted molar refractivity (Wildman–Crippen MR) is 78.9 cm³/mol. The highest BCUT2D eigenvalue weighted by Crippen LogP contribution is 2.24. The summed E-state index contributed by atoms with van der Waals surface area (Å²) in [6.07, 6.45) is 0.669. The lowest BCUT2D eigenvalue weighted by molar-refractivity contribution is 0.624. The minimum atomic E-state index is -0.247. The van der Waals surface area contributed by atoms with Gasteiger partial charge < -0.3 is 5.73 Å². The topological polar surface area (TPSA) is 26.0 Å². The van der Waals surface area contributed by atoms with Gasteiger partial charge in [0.05, 0.1) is 0 Å². The number of hydrogen-bond donors (Lipinski definition) is 1. The van der Waals surface area contributed by atoms with E-state index >= 15 is 0 Å². The normalized spacial score (nSPS) is 12.4. The lowest BCUT2D eigenvalue weighted by Crippen LogP contribution is -2.13. The van der Waals surface area contributed by atoms with Gasteiger partial charge in [0.15, 0.2) is 0 Å². The van der Waals surface area contributed by atoms with Crippen LogP contribution in [0.15, 0.2) is 51.4 Å². The van der Waals surface area contributed by atoms with Gasteiger partial charge in [-0.2, -0.15) is 0 Å². The summed E-state index contributed by atoms with van der Waals surface area (Å²) >= 11 is 6.75. The van der Waals surface area contributed by atoms with Crippen LogP contribution in [0.1, 0.15) is 17.2 Å². The Morgan fingerprint density at radius 3 is 2.33 bits per heavy atom. The van der Waals surface area contributed by atoms with E-state index < -0.39 is 0 Å². The van der Waals surface area contributed by atoms with Gasteiger partial charge in [-0.05, 0) is 41.8 Å². The predicted octanol–water partition coefficient (Wildman–Crippen LogP) is 4.59. The summed E-state index contributed by atoms with van der Waals surface area (Å²) in [7, 11) is 0. The monoisotopic (exact) mass is 371 g/mol. The molecule has 0 aliphatic rings. The van der Waals surface area contributed by atoms with E-state index in [1.807, 2.05) is 24.3 Å². The molecule has 0 aliphatic heterocycles. The van der Waals surface area contributed by atoms with Gasteiger partial charge in [0, 0.05) is 15.0 Å². The maximum atomic E-state index is 13.0. The number of halogens is 3. The van der Waals surface area contributed by atoms with E-state index in [1.165, 1.54) is 12.1 Å². The lowest BCUT2D eigenvalue weighted by Gasteiger charge is -2.13. The Balaban J connectivity index is 2.15. The third-order valence-corrected chi connectivity index (χ3v) is 4.02. The largest absolute Gasteiger partial charge is 0.324 e. The molecule has 1 atom stereocenters. The fourth-order valence-corrected chi connectivity index (χ4v) is 2.53. The maximum absolute atomic E-state index is 13.0. The van der Waals surface area contributed by atoms with Crippen molar-refractivity contribution in [2.45, 2.75) is 12.5 Å². The summed E-state index contributed by atoms with van der Waals surface area (Å²) in [5, 5.41) is 0. The number of rotatable bonds is 3. The van der Waals surface area contributed by atoms with Crippen molar-refractivity contribution in [1.29, 1.82) is 0 Å². The molecule has 1 unspecified atom stereocenters. The van der Waals surface area contributed by atoms with Gasteiger partial charge in [0.1, 0.15) is 5.82 Å². The third kappa shape index (κ3) is 3.40. The van der Waals surface area contributed by atoms with Gasteiger partial charge in [-0.1, -0.05) is 50.1 Å². The molecule has 94 valence electrons. The van der Waals surface area contributed by atoms with Crippen LogP contribution in [-0.4, -0.2) is 0 Å². The van der Waals surface area contributed by atoms with Gasteiger partial charge in [-0.15, -0.1) is 0 Å². The molecule has 0 amide bonds. The molecule has 0 saturated heterocycles. The van der Waals surface area contributed by atoms with E-state index in [0.29, 0.717) is 6.42 Å². The average Bonchev–Trinajstić information content (AvgIpc) is 2.33. The molecule has 2 aromatic carbocycles. The molecule has 18 heavy (non-hydrogen) atoms. The van der Waals surface area contributed by atoms with E-state index in [-0.39, 0.29) is 11.9 Å². The van der Waals surface area contributed by atoms with E-state index in [4.69, 9.17) is 5.73 Å². The number of hydrogen-bond acceptors (Lipinski definition) is 1. The van der Waals surface area contributed by atoms with Crippen molar-refractivity contribution in [3.05, 3.63) is 68.4 Å². The zero-order chi connectivity index (χ0) is 13.1. The molecule has 0 saturated carbocycles. The van der Waals surface area contributed by atoms with Crippen molar-refractivity contribution in [1.82, 2.24) is 0 Å². The first-order valence-corrected chi connectivity index (χ1v) is 7.10. The van der Waals surface area contributed by atoms with Crippen LogP contribution >= 0.6 is 31.9 Å². The highest BCUT2D eigenvalue weighted by atomic mass is 79.9. The average molecular weight is 373 g/mol. The fraction of sp³-hybridized carbons (Fsp3) is 0.143. The second-order valence-corrected chi connectivity index (χ2v) is 5.87. The van der Waals surface area contributed by atoms with E-state index in [2.05, 4.69) is 31.9 Å². The molecule has 0 aromatic heterocycles. The minimum absolute atomic E-state index is 0.0974. The first kappa shape index (κ1) is 13.7. The Bertz CT molecular complexity index is 540. The zero-order valence-electron chi connectivity index (χ0n) is 9.54. The van der Waals surface area contributed by atoms with Gasteiger partial charge in [-0.3, -0.25) is 0 Å². The number of benzene rings is 2. The molecular formula is C14H12Br2FN. The Labute approximate surface area is 122 Å². The summed E-state index contributed by atoms with van der Waals surface area (Å²) in [4.78, 5) is 0. The molecule has 0 spiro atoms. The van der Waals surface area contributed by atoms with Crippen LogP contribution in [0.2, 0.25) is 0 Å². The SMILES string of the molecule is NC(Cc1ccc(F)cc1Br)c1ccc(Br)cc1. The molecule has 0 fully saturated rings. The van der Waals surface area contributed by atoms with Crippen LogP contribution in [0.3, 0.4) is 0 Å². The van der Waals surface area contributed by atoms with Crippen molar-refractivity contribution in [2.75, 3.05) is 0 Å².